The van der Waals surface area contributed by atoms with Gasteiger partial charge >= 0.3 is 6.09 Å². The molecule has 17 heavy (non-hydrogen) atoms. The molecule has 4 heteroatoms. The summed E-state index contributed by atoms with van der Waals surface area (Å²) >= 11 is 0. The van der Waals surface area contributed by atoms with Gasteiger partial charge in [-0.25, -0.2) is 4.79 Å². The van der Waals surface area contributed by atoms with Crippen LogP contribution in [0.3, 0.4) is 0 Å². The predicted molar refractivity (Wildman–Crippen MR) is 69.6 cm³/mol. The minimum Gasteiger partial charge on any atom is -0.465 e. The van der Waals surface area contributed by atoms with Gasteiger partial charge < -0.3 is 5.11 Å². The average Bonchev–Trinajstić information content (AvgIpc) is 2.35. The summed E-state index contributed by atoms with van der Waals surface area (Å²) in [4.78, 5) is 14.3. The first-order valence-corrected chi connectivity index (χ1v) is 5.74. The minimum atomic E-state index is -0.946. The molecule has 0 radical (unpaired) electrons. The van der Waals surface area contributed by atoms with E-state index < -0.39 is 6.09 Å². The van der Waals surface area contributed by atoms with Gasteiger partial charge in [0.1, 0.15) is 0 Å². The molecule has 0 aromatic heterocycles. The molecule has 1 atom stereocenters. The van der Waals surface area contributed by atoms with Crippen LogP contribution in [0.1, 0.15) is 25.5 Å². The summed E-state index contributed by atoms with van der Waals surface area (Å²) in [6, 6.07) is 7.92. The van der Waals surface area contributed by atoms with Crippen molar-refractivity contribution >= 4 is 11.8 Å². The van der Waals surface area contributed by atoms with Crippen molar-refractivity contribution in [2.45, 2.75) is 19.9 Å². The van der Waals surface area contributed by atoms with Crippen molar-refractivity contribution in [2.24, 2.45) is 0 Å². The molecule has 0 aliphatic heterocycles. The Morgan fingerprint density at radius 3 is 2.59 bits per heavy atom. The summed E-state index contributed by atoms with van der Waals surface area (Å²) in [5.41, 5.74) is 1.83. The molecular weight excluding hydrogens is 216 g/mol. The number of carboxylic acid groups (broad SMARTS) is 1. The second-order valence-corrected chi connectivity index (χ2v) is 4.19. The zero-order valence-corrected chi connectivity index (χ0v) is 10.8. The lowest BCUT2D eigenvalue weighted by molar-refractivity contribution is 0.203. The zero-order valence-electron chi connectivity index (χ0n) is 10.8. The molecule has 0 fully saturated rings. The van der Waals surface area contributed by atoms with E-state index in [1.807, 2.05) is 18.2 Å². The number of carbonyl (C=O) groups is 1. The van der Waals surface area contributed by atoms with Crippen LogP contribution in [-0.4, -0.2) is 36.7 Å². The number of hydrogen-bond acceptors (Lipinski definition) is 2. The number of nitrogens with zero attached hydrogens (tertiary/aromatic N) is 2. The van der Waals surface area contributed by atoms with E-state index in [4.69, 9.17) is 5.11 Å². The van der Waals surface area contributed by atoms with Gasteiger partial charge in [0.2, 0.25) is 0 Å². The molecule has 0 spiro atoms. The fourth-order valence-electron chi connectivity index (χ4n) is 1.63. The highest BCUT2D eigenvalue weighted by molar-refractivity contribution is 5.85. The van der Waals surface area contributed by atoms with Gasteiger partial charge in [-0.15, -0.1) is 0 Å². The molecule has 0 aliphatic rings. The normalized spacial score (nSPS) is 12.5. The standard InChI is InChI=1S/C13H20N2O2/c1-5-14(3)10(2)11-7-6-8-12(9-11)15(4)13(16)17/h6-10H,5H2,1-4H3,(H,16,17)/t10-/m0/s1. The topological polar surface area (TPSA) is 43.8 Å². The molecule has 0 aliphatic carbocycles. The van der Waals surface area contributed by atoms with Crippen molar-refractivity contribution in [3.05, 3.63) is 29.8 Å². The summed E-state index contributed by atoms with van der Waals surface area (Å²) in [6.07, 6.45) is -0.946. The lowest BCUT2D eigenvalue weighted by Crippen LogP contribution is -2.25. The van der Waals surface area contributed by atoms with Crippen LogP contribution in [0.2, 0.25) is 0 Å². The number of amides is 1. The Bertz CT molecular complexity index is 393. The Balaban J connectivity index is 2.97. The Morgan fingerprint density at radius 2 is 2.06 bits per heavy atom. The Labute approximate surface area is 102 Å². The van der Waals surface area contributed by atoms with Crippen molar-refractivity contribution in [3.63, 3.8) is 0 Å². The second kappa shape index (κ2) is 5.68. The maximum absolute atomic E-state index is 10.9. The number of rotatable bonds is 4. The van der Waals surface area contributed by atoms with E-state index in [0.717, 1.165) is 12.1 Å². The number of hydrogen-bond donors (Lipinski definition) is 1. The van der Waals surface area contributed by atoms with Gasteiger partial charge in [-0.1, -0.05) is 19.1 Å². The summed E-state index contributed by atoms with van der Waals surface area (Å²) in [5, 5.41) is 8.94. The first kappa shape index (κ1) is 13.5. The highest BCUT2D eigenvalue weighted by Gasteiger charge is 2.13. The smallest absolute Gasteiger partial charge is 0.411 e. The molecule has 1 amide bonds. The summed E-state index contributed by atoms with van der Waals surface area (Å²) in [7, 11) is 3.61. The molecule has 0 bridgehead atoms. The average molecular weight is 236 g/mol. The van der Waals surface area contributed by atoms with Crippen molar-refractivity contribution in [1.29, 1.82) is 0 Å². The molecule has 1 aromatic carbocycles. The van der Waals surface area contributed by atoms with Crippen LogP contribution >= 0.6 is 0 Å². The molecule has 1 N–H and O–H groups in total. The van der Waals surface area contributed by atoms with Gasteiger partial charge in [0, 0.05) is 18.8 Å². The van der Waals surface area contributed by atoms with E-state index in [1.165, 1.54) is 4.90 Å². The van der Waals surface area contributed by atoms with E-state index in [0.29, 0.717) is 5.69 Å². The summed E-state index contributed by atoms with van der Waals surface area (Å²) in [5.74, 6) is 0. The zero-order chi connectivity index (χ0) is 13.0. The van der Waals surface area contributed by atoms with Gasteiger partial charge in [-0.05, 0) is 38.2 Å². The molecule has 0 unspecified atom stereocenters. The molecule has 1 aromatic rings. The Morgan fingerprint density at radius 1 is 1.41 bits per heavy atom. The van der Waals surface area contributed by atoms with Crippen molar-refractivity contribution in [3.8, 4) is 0 Å². The lowest BCUT2D eigenvalue weighted by atomic mass is 10.1. The van der Waals surface area contributed by atoms with E-state index in [-0.39, 0.29) is 6.04 Å². The monoisotopic (exact) mass is 236 g/mol. The van der Waals surface area contributed by atoms with Crippen LogP contribution in [0.4, 0.5) is 10.5 Å². The van der Waals surface area contributed by atoms with E-state index in [2.05, 4.69) is 25.8 Å². The van der Waals surface area contributed by atoms with Crippen LogP contribution < -0.4 is 4.90 Å². The summed E-state index contributed by atoms with van der Waals surface area (Å²) < 4.78 is 0. The van der Waals surface area contributed by atoms with Gasteiger partial charge in [-0.2, -0.15) is 0 Å². The fraction of sp³-hybridized carbons (Fsp3) is 0.462. The van der Waals surface area contributed by atoms with Crippen LogP contribution in [0, 0.1) is 0 Å². The van der Waals surface area contributed by atoms with Gasteiger partial charge in [0.15, 0.2) is 0 Å². The maximum atomic E-state index is 10.9. The third-order valence-corrected chi connectivity index (χ3v) is 3.19. The molecule has 1 rings (SSSR count). The second-order valence-electron chi connectivity index (χ2n) is 4.19. The molecule has 0 heterocycles. The molecule has 4 nitrogen and oxygen atoms in total. The maximum Gasteiger partial charge on any atom is 0.411 e. The Hall–Kier alpha value is -1.55. The predicted octanol–water partition coefficient (Wildman–Crippen LogP) is 2.81. The molecule has 0 saturated heterocycles. The van der Waals surface area contributed by atoms with Gasteiger partial charge in [0.05, 0.1) is 0 Å². The SMILES string of the molecule is CCN(C)[C@@H](C)c1cccc(N(C)C(=O)O)c1. The largest absolute Gasteiger partial charge is 0.465 e. The quantitative estimate of drug-likeness (QED) is 0.874. The fourth-order valence-corrected chi connectivity index (χ4v) is 1.63. The van der Waals surface area contributed by atoms with Crippen molar-refractivity contribution in [2.75, 3.05) is 25.5 Å². The number of benzene rings is 1. The highest BCUT2D eigenvalue weighted by Crippen LogP contribution is 2.23. The van der Waals surface area contributed by atoms with Gasteiger partial charge in [-0.3, -0.25) is 9.80 Å². The van der Waals surface area contributed by atoms with Crippen LogP contribution in [0.5, 0.6) is 0 Å². The van der Waals surface area contributed by atoms with Crippen molar-refractivity contribution < 1.29 is 9.90 Å². The first-order valence-electron chi connectivity index (χ1n) is 5.74. The van der Waals surface area contributed by atoms with Crippen LogP contribution in [-0.2, 0) is 0 Å². The van der Waals surface area contributed by atoms with E-state index in [9.17, 15) is 4.79 Å². The van der Waals surface area contributed by atoms with Crippen molar-refractivity contribution in [1.82, 2.24) is 4.90 Å². The molecular formula is C13H20N2O2. The van der Waals surface area contributed by atoms with Gasteiger partial charge in [0.25, 0.3) is 0 Å². The lowest BCUT2D eigenvalue weighted by Gasteiger charge is -2.24. The summed E-state index contributed by atoms with van der Waals surface area (Å²) in [6.45, 7) is 5.17. The van der Waals surface area contributed by atoms with Crippen LogP contribution in [0.15, 0.2) is 24.3 Å². The third kappa shape index (κ3) is 3.20. The molecule has 94 valence electrons. The van der Waals surface area contributed by atoms with Crippen LogP contribution in [0.25, 0.3) is 0 Å². The Kier molecular flexibility index (Phi) is 4.52. The van der Waals surface area contributed by atoms with E-state index >= 15 is 0 Å². The first-order chi connectivity index (χ1) is 7.97. The molecule has 0 saturated carbocycles. The van der Waals surface area contributed by atoms with E-state index in [1.54, 1.807) is 13.1 Å². The third-order valence-electron chi connectivity index (χ3n) is 3.19. The number of anilines is 1. The minimum absolute atomic E-state index is 0.280. The highest BCUT2D eigenvalue weighted by atomic mass is 16.4.